The number of benzene rings is 2. The minimum absolute atomic E-state index is 0.182. The zero-order valence-electron chi connectivity index (χ0n) is 15.1. The molecule has 3 rings (SSSR count). The maximum Gasteiger partial charge on any atom is 0.258 e. The van der Waals surface area contributed by atoms with Gasteiger partial charge in [-0.05, 0) is 56.8 Å². The second-order valence-electron chi connectivity index (χ2n) is 6.13. The highest BCUT2D eigenvalue weighted by molar-refractivity contribution is 7.80. The van der Waals surface area contributed by atoms with Crippen molar-refractivity contribution >= 4 is 51.3 Å². The molecule has 0 saturated heterocycles. The summed E-state index contributed by atoms with van der Waals surface area (Å²) in [5, 5.41) is 6.82. The van der Waals surface area contributed by atoms with Crippen LogP contribution in [0.4, 0.5) is 5.13 Å². The molecule has 4 nitrogen and oxygen atoms in total. The number of aromatic nitrogens is 1. The molecule has 0 atom stereocenters. The summed E-state index contributed by atoms with van der Waals surface area (Å²) in [5.41, 5.74) is 4.73. The van der Waals surface area contributed by atoms with Gasteiger partial charge in [-0.3, -0.25) is 10.1 Å². The second-order valence-corrected chi connectivity index (χ2v) is 8.15. The molecule has 27 heavy (non-hydrogen) atoms. The van der Waals surface area contributed by atoms with Crippen molar-refractivity contribution in [3.63, 3.8) is 0 Å². The maximum absolute atomic E-state index is 12.3. The summed E-state index contributed by atoms with van der Waals surface area (Å²) in [4.78, 5) is 18.0. The van der Waals surface area contributed by atoms with Gasteiger partial charge in [-0.2, -0.15) is 0 Å². The number of carbonyl (C=O) groups excluding carboxylic acids is 1. The van der Waals surface area contributed by atoms with Crippen LogP contribution in [0.25, 0.3) is 11.3 Å². The average molecular weight is 416 g/mol. The third-order valence-corrected chi connectivity index (χ3v) is 5.43. The third kappa shape index (κ3) is 4.53. The second kappa shape index (κ2) is 8.17. The number of nitrogens with zero attached hydrogens (tertiary/aromatic N) is 1. The number of thiazole rings is 1. The molecule has 0 aliphatic rings. The number of hydrogen-bond acceptors (Lipinski definition) is 4. The van der Waals surface area contributed by atoms with Crippen molar-refractivity contribution in [1.29, 1.82) is 0 Å². The van der Waals surface area contributed by atoms with Crippen LogP contribution in [0.5, 0.6) is 0 Å². The largest absolute Gasteiger partial charge is 0.308 e. The number of thiocarbonyl (C=S) groups is 1. The molecule has 7 heteroatoms. The predicted molar refractivity (Wildman–Crippen MR) is 117 cm³/mol. The first-order valence-electron chi connectivity index (χ1n) is 8.27. The lowest BCUT2D eigenvalue weighted by Gasteiger charge is -2.08. The van der Waals surface area contributed by atoms with Crippen LogP contribution in [0.1, 0.15) is 26.4 Å². The van der Waals surface area contributed by atoms with Gasteiger partial charge in [0.15, 0.2) is 10.2 Å². The first-order chi connectivity index (χ1) is 12.8. The number of hydrogen-bond donors (Lipinski definition) is 2. The number of amides is 1. The molecule has 1 heterocycles. The van der Waals surface area contributed by atoms with Gasteiger partial charge in [-0.1, -0.05) is 41.4 Å². The Morgan fingerprint density at radius 2 is 1.89 bits per heavy atom. The van der Waals surface area contributed by atoms with Gasteiger partial charge in [0.25, 0.3) is 5.91 Å². The summed E-state index contributed by atoms with van der Waals surface area (Å²) in [6.07, 6.45) is 0. The van der Waals surface area contributed by atoms with Crippen LogP contribution in [-0.4, -0.2) is 16.0 Å². The topological polar surface area (TPSA) is 54.0 Å². The Hall–Kier alpha value is -2.28. The number of rotatable bonds is 3. The molecule has 0 saturated carbocycles. The predicted octanol–water partition coefficient (Wildman–Crippen LogP) is 5.52. The van der Waals surface area contributed by atoms with Gasteiger partial charge in [-0.25, -0.2) is 4.98 Å². The Kier molecular flexibility index (Phi) is 5.89. The van der Waals surface area contributed by atoms with E-state index in [9.17, 15) is 4.79 Å². The van der Waals surface area contributed by atoms with E-state index in [0.717, 1.165) is 21.7 Å². The monoisotopic (exact) mass is 415 g/mol. The van der Waals surface area contributed by atoms with Crippen molar-refractivity contribution < 1.29 is 4.79 Å². The summed E-state index contributed by atoms with van der Waals surface area (Å²) in [5.74, 6) is -0.360. The van der Waals surface area contributed by atoms with Crippen LogP contribution in [0.15, 0.2) is 42.5 Å². The van der Waals surface area contributed by atoms with Crippen molar-refractivity contribution in [1.82, 2.24) is 10.3 Å². The molecule has 0 radical (unpaired) electrons. The minimum atomic E-state index is -0.360. The van der Waals surface area contributed by atoms with Crippen LogP contribution < -0.4 is 10.6 Å². The summed E-state index contributed by atoms with van der Waals surface area (Å²) in [6.45, 7) is 6.14. The fraction of sp³-hybridized carbons (Fsp3) is 0.150. The van der Waals surface area contributed by atoms with Gasteiger partial charge in [0.2, 0.25) is 0 Å². The van der Waals surface area contributed by atoms with Crippen molar-refractivity contribution in [3.8, 4) is 11.3 Å². The Balaban J connectivity index is 1.75. The highest BCUT2D eigenvalue weighted by atomic mass is 35.5. The summed E-state index contributed by atoms with van der Waals surface area (Å²) < 4.78 is 0. The Labute approximate surface area is 172 Å². The van der Waals surface area contributed by atoms with Crippen LogP contribution >= 0.6 is 35.2 Å². The van der Waals surface area contributed by atoms with E-state index < -0.39 is 0 Å². The van der Waals surface area contributed by atoms with E-state index in [1.807, 2.05) is 6.92 Å². The Bertz CT molecular complexity index is 1030. The quantitative estimate of drug-likeness (QED) is 0.553. The van der Waals surface area contributed by atoms with E-state index in [1.165, 1.54) is 16.9 Å². The van der Waals surface area contributed by atoms with E-state index in [-0.39, 0.29) is 11.0 Å². The highest BCUT2D eigenvalue weighted by Crippen LogP contribution is 2.32. The Morgan fingerprint density at radius 3 is 2.63 bits per heavy atom. The lowest BCUT2D eigenvalue weighted by atomic mass is 10.0. The van der Waals surface area contributed by atoms with E-state index in [2.05, 4.69) is 47.7 Å². The minimum Gasteiger partial charge on any atom is -0.308 e. The molecule has 3 aromatic rings. The lowest BCUT2D eigenvalue weighted by Crippen LogP contribution is -2.34. The smallest absolute Gasteiger partial charge is 0.258 e. The van der Waals surface area contributed by atoms with E-state index in [4.69, 9.17) is 23.8 Å². The van der Waals surface area contributed by atoms with Crippen molar-refractivity contribution in [2.24, 2.45) is 0 Å². The van der Waals surface area contributed by atoms with Crippen LogP contribution in [0, 0.1) is 20.8 Å². The molecule has 0 bridgehead atoms. The lowest BCUT2D eigenvalue weighted by molar-refractivity contribution is 0.0978. The molecule has 0 aliphatic heterocycles. The molecular weight excluding hydrogens is 398 g/mol. The fourth-order valence-electron chi connectivity index (χ4n) is 2.63. The third-order valence-electron chi connectivity index (χ3n) is 4.01. The molecular formula is C20H18ClN3OS2. The van der Waals surface area contributed by atoms with Crippen molar-refractivity contribution in [2.75, 3.05) is 5.32 Å². The normalized spacial score (nSPS) is 10.5. The number of anilines is 1. The van der Waals surface area contributed by atoms with Gasteiger partial charge in [-0.15, -0.1) is 11.3 Å². The molecule has 0 spiro atoms. The van der Waals surface area contributed by atoms with E-state index in [1.54, 1.807) is 24.3 Å². The van der Waals surface area contributed by atoms with E-state index >= 15 is 0 Å². The number of carbonyl (C=O) groups is 1. The molecule has 0 fully saturated rings. The molecule has 1 aromatic heterocycles. The zero-order valence-corrected chi connectivity index (χ0v) is 17.5. The van der Waals surface area contributed by atoms with Crippen molar-refractivity contribution in [3.05, 3.63) is 69.1 Å². The molecule has 2 aromatic carbocycles. The number of aryl methyl sites for hydroxylation is 3. The average Bonchev–Trinajstić information content (AvgIpc) is 2.97. The molecule has 138 valence electrons. The van der Waals surface area contributed by atoms with Gasteiger partial charge < -0.3 is 5.32 Å². The highest BCUT2D eigenvalue weighted by Gasteiger charge is 2.15. The van der Waals surface area contributed by atoms with Crippen LogP contribution in [0.2, 0.25) is 5.02 Å². The molecule has 2 N–H and O–H groups in total. The Morgan fingerprint density at radius 1 is 1.15 bits per heavy atom. The first kappa shape index (κ1) is 19.5. The summed E-state index contributed by atoms with van der Waals surface area (Å²) in [6, 6.07) is 13.1. The number of halogens is 1. The standard InChI is InChI=1S/C20H18ClN3OS2/c1-11-8-9-12(2)15(10-11)17-13(3)27-20(22-17)24-19(26)23-18(25)14-6-4-5-7-16(14)21/h4-10H,1-3H3,(H2,22,23,24,25,26). The maximum atomic E-state index is 12.3. The summed E-state index contributed by atoms with van der Waals surface area (Å²) >= 11 is 12.8. The SMILES string of the molecule is Cc1ccc(C)c(-c2nc(NC(=S)NC(=O)c3ccccc3Cl)sc2C)c1. The van der Waals surface area contributed by atoms with Gasteiger partial charge in [0.05, 0.1) is 16.3 Å². The summed E-state index contributed by atoms with van der Waals surface area (Å²) in [7, 11) is 0. The van der Waals surface area contributed by atoms with Gasteiger partial charge in [0.1, 0.15) is 0 Å². The van der Waals surface area contributed by atoms with Crippen LogP contribution in [-0.2, 0) is 0 Å². The molecule has 0 aliphatic carbocycles. The van der Waals surface area contributed by atoms with Gasteiger partial charge in [0, 0.05) is 10.4 Å². The zero-order chi connectivity index (χ0) is 19.6. The first-order valence-corrected chi connectivity index (χ1v) is 9.87. The molecule has 0 unspecified atom stereocenters. The van der Waals surface area contributed by atoms with Crippen molar-refractivity contribution in [2.45, 2.75) is 20.8 Å². The van der Waals surface area contributed by atoms with Crippen LogP contribution in [0.3, 0.4) is 0 Å². The van der Waals surface area contributed by atoms with E-state index in [0.29, 0.717) is 15.7 Å². The number of nitrogens with one attached hydrogen (secondary N) is 2. The molecule has 1 amide bonds. The fourth-order valence-corrected chi connectivity index (χ4v) is 3.94. The van der Waals surface area contributed by atoms with Gasteiger partial charge >= 0.3 is 0 Å².